The van der Waals surface area contributed by atoms with Gasteiger partial charge in [0.1, 0.15) is 0 Å². The summed E-state index contributed by atoms with van der Waals surface area (Å²) in [6.07, 6.45) is 3.41. The molecule has 0 saturated carbocycles. The first-order valence-electron chi connectivity index (χ1n) is 4.68. The fourth-order valence-electron chi connectivity index (χ4n) is 1.48. The summed E-state index contributed by atoms with van der Waals surface area (Å²) in [5.74, 6) is 0.136. The first kappa shape index (κ1) is 9.46. The van der Waals surface area contributed by atoms with Crippen LogP contribution in [0.2, 0.25) is 0 Å². The molecule has 0 fully saturated rings. The topological polar surface area (TPSA) is 26.3 Å². The van der Waals surface area contributed by atoms with Crippen molar-refractivity contribution in [1.82, 2.24) is 0 Å². The number of ketones is 1. The van der Waals surface area contributed by atoms with Gasteiger partial charge in [-0.25, -0.2) is 0 Å². The minimum absolute atomic E-state index is 0.136. The van der Waals surface area contributed by atoms with Gasteiger partial charge in [-0.1, -0.05) is 0 Å². The Hall–Kier alpha value is -1.09. The van der Waals surface area contributed by atoms with Crippen molar-refractivity contribution in [2.24, 2.45) is 0 Å². The minimum atomic E-state index is 0.136. The Morgan fingerprint density at radius 2 is 2.43 bits per heavy atom. The molecule has 3 heteroatoms. The molecular weight excluding hydrogens is 196 g/mol. The SMILES string of the molecule is Cc1ccsc1C(=O)C1=COCCC1. The second-order valence-corrected chi connectivity index (χ2v) is 4.30. The Balaban J connectivity index is 2.23. The van der Waals surface area contributed by atoms with Crippen LogP contribution in [0.3, 0.4) is 0 Å². The summed E-state index contributed by atoms with van der Waals surface area (Å²) in [7, 11) is 0. The molecule has 1 aliphatic rings. The van der Waals surface area contributed by atoms with Crippen LogP contribution in [0.15, 0.2) is 23.3 Å². The molecule has 2 heterocycles. The lowest BCUT2D eigenvalue weighted by Gasteiger charge is -2.11. The van der Waals surface area contributed by atoms with Gasteiger partial charge in [-0.15, -0.1) is 11.3 Å². The number of aryl methyl sites for hydroxylation is 1. The van der Waals surface area contributed by atoms with Gasteiger partial charge in [-0.05, 0) is 36.8 Å². The highest BCUT2D eigenvalue weighted by atomic mass is 32.1. The lowest BCUT2D eigenvalue weighted by molar-refractivity contribution is 0.101. The smallest absolute Gasteiger partial charge is 0.202 e. The van der Waals surface area contributed by atoms with E-state index >= 15 is 0 Å². The third-order valence-electron chi connectivity index (χ3n) is 2.29. The molecule has 14 heavy (non-hydrogen) atoms. The third-order valence-corrected chi connectivity index (χ3v) is 3.31. The van der Waals surface area contributed by atoms with Crippen molar-refractivity contribution >= 4 is 17.1 Å². The third kappa shape index (κ3) is 1.73. The zero-order valence-corrected chi connectivity index (χ0v) is 8.89. The van der Waals surface area contributed by atoms with E-state index in [1.54, 1.807) is 6.26 Å². The van der Waals surface area contributed by atoms with Crippen molar-refractivity contribution in [3.05, 3.63) is 33.7 Å². The van der Waals surface area contributed by atoms with Gasteiger partial charge in [0.2, 0.25) is 5.78 Å². The van der Waals surface area contributed by atoms with E-state index in [9.17, 15) is 4.79 Å². The van der Waals surface area contributed by atoms with E-state index in [2.05, 4.69) is 0 Å². The summed E-state index contributed by atoms with van der Waals surface area (Å²) in [4.78, 5) is 12.8. The highest BCUT2D eigenvalue weighted by molar-refractivity contribution is 7.12. The van der Waals surface area contributed by atoms with Crippen LogP contribution in [0.25, 0.3) is 0 Å². The van der Waals surface area contributed by atoms with E-state index in [0.717, 1.165) is 35.5 Å². The monoisotopic (exact) mass is 208 g/mol. The molecule has 74 valence electrons. The Kier molecular flexibility index (Phi) is 2.68. The van der Waals surface area contributed by atoms with Gasteiger partial charge in [-0.3, -0.25) is 4.79 Å². The normalized spacial score (nSPS) is 15.9. The zero-order valence-electron chi connectivity index (χ0n) is 8.08. The highest BCUT2D eigenvalue weighted by Crippen LogP contribution is 2.23. The highest BCUT2D eigenvalue weighted by Gasteiger charge is 2.17. The van der Waals surface area contributed by atoms with Crippen LogP contribution in [0.1, 0.15) is 28.1 Å². The molecule has 0 N–H and O–H groups in total. The molecule has 2 rings (SSSR count). The van der Waals surface area contributed by atoms with Crippen molar-refractivity contribution in [3.63, 3.8) is 0 Å². The van der Waals surface area contributed by atoms with Crippen LogP contribution in [0.5, 0.6) is 0 Å². The van der Waals surface area contributed by atoms with Gasteiger partial charge in [0.25, 0.3) is 0 Å². The number of hydrogen-bond donors (Lipinski definition) is 0. The Morgan fingerprint density at radius 3 is 3.00 bits per heavy atom. The zero-order chi connectivity index (χ0) is 9.97. The van der Waals surface area contributed by atoms with Crippen LogP contribution in [-0.2, 0) is 4.74 Å². The number of thiophene rings is 1. The number of allylic oxidation sites excluding steroid dienone is 1. The molecule has 0 amide bonds. The van der Waals surface area contributed by atoms with Crippen molar-refractivity contribution in [1.29, 1.82) is 0 Å². The van der Waals surface area contributed by atoms with Crippen LogP contribution >= 0.6 is 11.3 Å². The van der Waals surface area contributed by atoms with Gasteiger partial charge in [0.15, 0.2) is 0 Å². The summed E-state index contributed by atoms with van der Waals surface area (Å²) >= 11 is 1.51. The summed E-state index contributed by atoms with van der Waals surface area (Å²) in [6, 6.07) is 1.97. The number of Topliss-reactive ketones (excluding diaryl/α,β-unsaturated/α-hetero) is 1. The van der Waals surface area contributed by atoms with E-state index in [1.165, 1.54) is 11.3 Å². The predicted octanol–water partition coefficient (Wildman–Crippen LogP) is 2.93. The van der Waals surface area contributed by atoms with Gasteiger partial charge in [-0.2, -0.15) is 0 Å². The Labute approximate surface area is 87.2 Å². The van der Waals surface area contributed by atoms with Crippen molar-refractivity contribution in [2.45, 2.75) is 19.8 Å². The molecule has 0 aliphatic carbocycles. The fraction of sp³-hybridized carbons (Fsp3) is 0.364. The van der Waals surface area contributed by atoms with Crippen molar-refractivity contribution in [2.75, 3.05) is 6.61 Å². The first-order chi connectivity index (χ1) is 6.79. The van der Waals surface area contributed by atoms with Crippen molar-refractivity contribution < 1.29 is 9.53 Å². The van der Waals surface area contributed by atoms with Crippen LogP contribution in [-0.4, -0.2) is 12.4 Å². The average Bonchev–Trinajstić information content (AvgIpc) is 2.65. The van der Waals surface area contributed by atoms with Gasteiger partial charge < -0.3 is 4.74 Å². The molecule has 0 spiro atoms. The standard InChI is InChI=1S/C11H12O2S/c1-8-4-6-14-11(8)10(12)9-3-2-5-13-7-9/h4,6-7H,2-3,5H2,1H3. The van der Waals surface area contributed by atoms with Crippen LogP contribution in [0.4, 0.5) is 0 Å². The molecule has 0 saturated heterocycles. The lowest BCUT2D eigenvalue weighted by Crippen LogP contribution is -2.08. The maximum Gasteiger partial charge on any atom is 0.202 e. The molecular formula is C11H12O2S. The van der Waals surface area contributed by atoms with E-state index in [4.69, 9.17) is 4.74 Å². The van der Waals surface area contributed by atoms with E-state index in [1.807, 2.05) is 18.4 Å². The summed E-state index contributed by atoms with van der Waals surface area (Å²) in [6.45, 7) is 2.70. The van der Waals surface area contributed by atoms with E-state index in [0.29, 0.717) is 0 Å². The molecule has 0 unspecified atom stereocenters. The van der Waals surface area contributed by atoms with Gasteiger partial charge in [0.05, 0.1) is 17.7 Å². The largest absolute Gasteiger partial charge is 0.501 e. The molecule has 1 aromatic rings. The molecule has 0 bridgehead atoms. The number of ether oxygens (including phenoxy) is 1. The number of carbonyl (C=O) groups excluding carboxylic acids is 1. The molecule has 0 aromatic carbocycles. The number of hydrogen-bond acceptors (Lipinski definition) is 3. The quantitative estimate of drug-likeness (QED) is 0.698. The summed E-state index contributed by atoms with van der Waals surface area (Å²) in [5.41, 5.74) is 1.87. The Morgan fingerprint density at radius 1 is 1.57 bits per heavy atom. The van der Waals surface area contributed by atoms with E-state index < -0.39 is 0 Å². The van der Waals surface area contributed by atoms with Crippen molar-refractivity contribution in [3.8, 4) is 0 Å². The second kappa shape index (κ2) is 3.96. The van der Waals surface area contributed by atoms with E-state index in [-0.39, 0.29) is 5.78 Å². The predicted molar refractivity (Wildman–Crippen MR) is 56.7 cm³/mol. The fourth-order valence-corrected chi connectivity index (χ4v) is 2.38. The number of rotatable bonds is 2. The maximum atomic E-state index is 11.9. The number of carbonyl (C=O) groups is 1. The minimum Gasteiger partial charge on any atom is -0.501 e. The van der Waals surface area contributed by atoms with Crippen LogP contribution < -0.4 is 0 Å². The Bertz CT molecular complexity index is 376. The summed E-state index contributed by atoms with van der Waals surface area (Å²) in [5, 5.41) is 1.95. The van der Waals surface area contributed by atoms with Crippen LogP contribution in [0, 0.1) is 6.92 Å². The average molecular weight is 208 g/mol. The molecule has 1 aliphatic heterocycles. The lowest BCUT2D eigenvalue weighted by atomic mass is 10.0. The summed E-state index contributed by atoms with van der Waals surface area (Å²) < 4.78 is 5.16. The molecule has 0 atom stereocenters. The second-order valence-electron chi connectivity index (χ2n) is 3.38. The maximum absolute atomic E-state index is 11.9. The molecule has 2 nitrogen and oxygen atoms in total. The molecule has 1 aromatic heterocycles. The van der Waals surface area contributed by atoms with Gasteiger partial charge in [0, 0.05) is 5.57 Å². The van der Waals surface area contributed by atoms with Gasteiger partial charge >= 0.3 is 0 Å². The first-order valence-corrected chi connectivity index (χ1v) is 5.56. The molecule has 0 radical (unpaired) electrons.